The number of thioether (sulfide) groups is 1. The van der Waals surface area contributed by atoms with Crippen LogP contribution in [0.4, 0.5) is 4.79 Å². The molecule has 4 aromatic carbocycles. The number of oxime groups is 1. The van der Waals surface area contributed by atoms with Crippen LogP contribution in [0.15, 0.2) is 119 Å². The van der Waals surface area contributed by atoms with E-state index in [4.69, 9.17) is 40.5 Å². The molecule has 6 unspecified atom stereocenters. The summed E-state index contributed by atoms with van der Waals surface area (Å²) in [6.45, 7) is 6.87. The normalized spacial score (nSPS) is 23.1. The third kappa shape index (κ3) is 9.82. The van der Waals surface area contributed by atoms with E-state index in [1.54, 1.807) is 22.7 Å². The Morgan fingerprint density at radius 3 is 2.50 bits per heavy atom. The Labute approximate surface area is 374 Å². The Hall–Kier alpha value is -4.52. The summed E-state index contributed by atoms with van der Waals surface area (Å²) in [5.74, 6) is 0.166. The first-order chi connectivity index (χ1) is 30.4. The fourth-order valence-electron chi connectivity index (χ4n) is 9.76. The Bertz CT molecular complexity index is 2190. The summed E-state index contributed by atoms with van der Waals surface area (Å²) < 4.78 is 27.0. The lowest BCUT2D eigenvalue weighted by molar-refractivity contribution is -0.256. The predicted molar refractivity (Wildman–Crippen MR) is 246 cm³/mol. The van der Waals surface area contributed by atoms with E-state index in [0.717, 1.165) is 63.8 Å². The Morgan fingerprint density at radius 1 is 1.00 bits per heavy atom. The van der Waals surface area contributed by atoms with Crippen molar-refractivity contribution >= 4 is 45.9 Å². The van der Waals surface area contributed by atoms with Crippen molar-refractivity contribution in [3.8, 4) is 17.2 Å². The second-order valence-corrected chi connectivity index (χ2v) is 17.3. The SMILES string of the molecule is C=CCOC12Oc3ccc(Oc4ccc(SC)cc4)cc3C3C(CCCCO)C(CCCCO)C=C(C(=NOCC)CC1N(Cc1cccc4ccccc14)C(=O)OCCCl)C32. The molecule has 4 aromatic rings. The average molecular weight is 884 g/mol. The molecule has 2 N–H and O–H groups in total. The number of nitrogens with zero attached hydrogens (tertiary/aromatic N) is 2. The number of ether oxygens (including phenoxy) is 4. The number of hydrogen-bond donors (Lipinski definition) is 2. The van der Waals surface area contributed by atoms with Crippen LogP contribution >= 0.6 is 23.4 Å². The second-order valence-electron chi connectivity index (χ2n) is 16.0. The molecule has 0 aromatic heterocycles. The van der Waals surface area contributed by atoms with Gasteiger partial charge in [0.05, 0.1) is 30.7 Å². The number of alkyl halides is 1. The molecular weight excluding hydrogens is 824 g/mol. The number of unbranched alkanes of at least 4 members (excludes halogenated alkanes) is 2. The number of halogens is 1. The molecule has 0 saturated heterocycles. The van der Waals surface area contributed by atoms with E-state index >= 15 is 0 Å². The van der Waals surface area contributed by atoms with Gasteiger partial charge in [-0.25, -0.2) is 4.79 Å². The Balaban J connectivity index is 1.45. The number of aliphatic hydroxyl groups is 2. The van der Waals surface area contributed by atoms with E-state index in [9.17, 15) is 15.0 Å². The van der Waals surface area contributed by atoms with Crippen LogP contribution in [0, 0.1) is 17.8 Å². The van der Waals surface area contributed by atoms with Gasteiger partial charge in [0.1, 0.15) is 36.5 Å². The Kier molecular flexibility index (Phi) is 15.9. The van der Waals surface area contributed by atoms with Crippen molar-refractivity contribution in [2.24, 2.45) is 22.9 Å². The second kappa shape index (κ2) is 21.7. The number of fused-ring (bicyclic) bond motifs is 3. The molecule has 0 radical (unpaired) electrons. The van der Waals surface area contributed by atoms with Crippen molar-refractivity contribution in [2.75, 3.05) is 45.2 Å². The largest absolute Gasteiger partial charge is 0.459 e. The van der Waals surface area contributed by atoms with E-state index in [2.05, 4.69) is 36.9 Å². The summed E-state index contributed by atoms with van der Waals surface area (Å²) in [7, 11) is 0. The first-order valence-electron chi connectivity index (χ1n) is 21.9. The van der Waals surface area contributed by atoms with Crippen molar-refractivity contribution in [1.29, 1.82) is 0 Å². The zero-order valence-corrected chi connectivity index (χ0v) is 37.3. The number of carbonyl (C=O) groups excluding carboxylic acids is 1. The molecule has 1 aliphatic heterocycles. The first kappa shape index (κ1) is 45.5. The zero-order chi connectivity index (χ0) is 43.5. The quantitative estimate of drug-likeness (QED) is 0.0277. The van der Waals surface area contributed by atoms with Crippen LogP contribution in [0.5, 0.6) is 17.2 Å². The molecular formula is C50H59ClN2O8S. The summed E-state index contributed by atoms with van der Waals surface area (Å²) in [6.07, 6.45) is 10.4. The number of hydrogen-bond acceptors (Lipinski definition) is 10. The van der Waals surface area contributed by atoms with E-state index in [1.165, 1.54) is 0 Å². The lowest BCUT2D eigenvalue weighted by atomic mass is 9.55. The van der Waals surface area contributed by atoms with Crippen molar-refractivity contribution in [3.63, 3.8) is 0 Å². The highest BCUT2D eigenvalue weighted by atomic mass is 35.5. The third-order valence-corrected chi connectivity index (χ3v) is 13.3. The van der Waals surface area contributed by atoms with Crippen LogP contribution in [0.2, 0.25) is 0 Å². The minimum atomic E-state index is -1.45. The lowest BCUT2D eigenvalue weighted by Crippen LogP contribution is -2.70. The zero-order valence-electron chi connectivity index (χ0n) is 35.8. The van der Waals surface area contributed by atoms with Gasteiger partial charge in [0.25, 0.3) is 0 Å². The predicted octanol–water partition coefficient (Wildman–Crippen LogP) is 10.9. The van der Waals surface area contributed by atoms with Gasteiger partial charge >= 0.3 is 6.09 Å². The minimum Gasteiger partial charge on any atom is -0.459 e. The topological polar surface area (TPSA) is 119 Å². The third-order valence-electron chi connectivity index (χ3n) is 12.4. The van der Waals surface area contributed by atoms with E-state index in [0.29, 0.717) is 36.7 Å². The number of carbonyl (C=O) groups is 1. The molecule has 1 amide bonds. The van der Waals surface area contributed by atoms with Gasteiger partial charge in [0.2, 0.25) is 5.79 Å². The van der Waals surface area contributed by atoms with Crippen LogP contribution in [0.25, 0.3) is 10.8 Å². The summed E-state index contributed by atoms with van der Waals surface area (Å²) >= 11 is 7.82. The highest BCUT2D eigenvalue weighted by Gasteiger charge is 2.65. The molecule has 2 aliphatic carbocycles. The van der Waals surface area contributed by atoms with Crippen LogP contribution in [-0.2, 0) is 20.9 Å². The van der Waals surface area contributed by atoms with Crippen molar-refractivity contribution in [2.45, 2.75) is 81.1 Å². The number of aliphatic hydroxyl groups excluding tert-OH is 2. The van der Waals surface area contributed by atoms with Gasteiger partial charge in [-0.15, -0.1) is 29.9 Å². The molecule has 6 atom stereocenters. The molecule has 0 bridgehead atoms. The fourth-order valence-corrected chi connectivity index (χ4v) is 10.2. The molecule has 3 aliphatic rings. The van der Waals surface area contributed by atoms with E-state index in [-0.39, 0.29) is 63.0 Å². The molecule has 330 valence electrons. The minimum absolute atomic E-state index is 0.0195. The van der Waals surface area contributed by atoms with Gasteiger partial charge in [0, 0.05) is 36.0 Å². The molecule has 1 saturated carbocycles. The van der Waals surface area contributed by atoms with E-state index in [1.807, 2.05) is 73.8 Å². The lowest BCUT2D eigenvalue weighted by Gasteiger charge is -2.59. The Morgan fingerprint density at radius 2 is 1.76 bits per heavy atom. The molecule has 1 fully saturated rings. The smallest absolute Gasteiger partial charge is 0.410 e. The van der Waals surface area contributed by atoms with Gasteiger partial charge < -0.3 is 34.0 Å². The van der Waals surface area contributed by atoms with Crippen LogP contribution < -0.4 is 9.47 Å². The standard InChI is InChI=1S/C50H59ClN2O8S/c1-4-28-58-50-46(53(49(56)57-29-25-51)33-36-16-12-15-34-13-6-7-17-40(34)36)32-44(52-59-5-2)42-30-35(14-8-10-26-54)41(18-9-11-27-55)47(48(42)50)43-31-38(21-24-45(43)61-50)60-37-19-22-39(62-3)23-20-37/h4,6-7,12-13,15-17,19-24,30-31,35,41,46-48,54-55H,1,5,8-11,14,18,25-29,32-33H2,2-3H3. The maximum absolute atomic E-state index is 14.7. The van der Waals surface area contributed by atoms with Crippen LogP contribution in [0.3, 0.4) is 0 Å². The van der Waals surface area contributed by atoms with E-state index < -0.39 is 23.8 Å². The fraction of sp³-hybridized carbons (Fsp3) is 0.440. The van der Waals surface area contributed by atoms with Gasteiger partial charge in [-0.2, -0.15) is 0 Å². The van der Waals surface area contributed by atoms with Crippen molar-refractivity contribution in [3.05, 3.63) is 120 Å². The monoisotopic (exact) mass is 882 g/mol. The van der Waals surface area contributed by atoms with Crippen LogP contribution in [-0.4, -0.2) is 83.9 Å². The summed E-state index contributed by atoms with van der Waals surface area (Å²) in [5.41, 5.74) is 3.58. The molecule has 10 nitrogen and oxygen atoms in total. The summed E-state index contributed by atoms with van der Waals surface area (Å²) in [5, 5.41) is 26.8. The van der Waals surface area contributed by atoms with Gasteiger partial charge in [-0.1, -0.05) is 72.6 Å². The molecule has 62 heavy (non-hydrogen) atoms. The molecule has 7 rings (SSSR count). The van der Waals surface area contributed by atoms with Crippen molar-refractivity contribution in [1.82, 2.24) is 4.90 Å². The highest BCUT2D eigenvalue weighted by molar-refractivity contribution is 7.98. The average Bonchev–Trinajstić information content (AvgIpc) is 3.30. The molecule has 12 heteroatoms. The van der Waals surface area contributed by atoms with Crippen LogP contribution in [0.1, 0.15) is 68.9 Å². The summed E-state index contributed by atoms with van der Waals surface area (Å²) in [6, 6.07) is 27.5. The first-order valence-corrected chi connectivity index (χ1v) is 23.6. The highest BCUT2D eigenvalue weighted by Crippen LogP contribution is 2.62. The van der Waals surface area contributed by atoms with Crippen molar-refractivity contribution < 1.29 is 38.8 Å². The number of rotatable bonds is 21. The molecule has 0 spiro atoms. The number of allylic oxidation sites excluding steroid dienone is 1. The molecule has 1 heterocycles. The maximum Gasteiger partial charge on any atom is 0.410 e. The van der Waals surface area contributed by atoms with Gasteiger partial charge in [-0.05, 0) is 115 Å². The number of benzene rings is 4. The number of amides is 1. The summed E-state index contributed by atoms with van der Waals surface area (Å²) in [4.78, 5) is 23.5. The van der Waals surface area contributed by atoms with Gasteiger partial charge in [0.15, 0.2) is 0 Å². The van der Waals surface area contributed by atoms with Gasteiger partial charge in [-0.3, -0.25) is 4.90 Å². The maximum atomic E-state index is 14.7.